The number of carbonyl (C=O) groups is 1. The van der Waals surface area contributed by atoms with E-state index in [0.29, 0.717) is 55.8 Å². The van der Waals surface area contributed by atoms with E-state index in [9.17, 15) is 14.0 Å². The third-order valence-corrected chi connectivity index (χ3v) is 7.34. The molecule has 5 rings (SSSR count). The van der Waals surface area contributed by atoms with Gasteiger partial charge in [-0.3, -0.25) is 9.36 Å². The number of thiazole rings is 1. The van der Waals surface area contributed by atoms with Crippen LogP contribution in [0.4, 0.5) is 4.39 Å². The first-order valence-corrected chi connectivity index (χ1v) is 13.5. The third kappa shape index (κ3) is 4.98. The van der Waals surface area contributed by atoms with Crippen LogP contribution in [0.25, 0.3) is 17.4 Å². The van der Waals surface area contributed by atoms with Gasteiger partial charge in [-0.2, -0.15) is 0 Å². The second-order valence-corrected chi connectivity index (χ2v) is 9.83. The van der Waals surface area contributed by atoms with Crippen LogP contribution in [-0.2, 0) is 9.53 Å². The normalized spacial score (nSPS) is 15.0. The van der Waals surface area contributed by atoms with Crippen LogP contribution in [0.15, 0.2) is 80.1 Å². The van der Waals surface area contributed by atoms with Crippen molar-refractivity contribution in [3.63, 3.8) is 0 Å². The Balaban J connectivity index is 1.69. The Hall–Kier alpha value is -4.44. The second-order valence-electron chi connectivity index (χ2n) is 8.82. The highest BCUT2D eigenvalue weighted by Gasteiger charge is 2.36. The van der Waals surface area contributed by atoms with Gasteiger partial charge in [-0.05, 0) is 63.2 Å². The van der Waals surface area contributed by atoms with Crippen molar-refractivity contribution in [2.75, 3.05) is 20.3 Å². The number of ether oxygens (including phenoxy) is 3. The van der Waals surface area contributed by atoms with E-state index in [1.807, 2.05) is 6.92 Å². The van der Waals surface area contributed by atoms with Crippen molar-refractivity contribution >= 4 is 23.4 Å². The number of hydrogen-bond donors (Lipinski definition) is 0. The maximum absolute atomic E-state index is 13.9. The summed E-state index contributed by atoms with van der Waals surface area (Å²) < 4.78 is 38.0. The number of benzene rings is 2. The molecule has 206 valence electrons. The summed E-state index contributed by atoms with van der Waals surface area (Å²) in [4.78, 5) is 32.2. The van der Waals surface area contributed by atoms with Gasteiger partial charge in [-0.1, -0.05) is 23.5 Å². The lowest BCUT2D eigenvalue weighted by Crippen LogP contribution is -2.40. The average molecular weight is 563 g/mol. The predicted octanol–water partition coefficient (Wildman–Crippen LogP) is 4.60. The van der Waals surface area contributed by atoms with Gasteiger partial charge in [0.1, 0.15) is 23.4 Å². The summed E-state index contributed by atoms with van der Waals surface area (Å²) in [6.07, 6.45) is 1.63. The highest BCUT2D eigenvalue weighted by molar-refractivity contribution is 7.07. The Morgan fingerprint density at radius 3 is 2.60 bits per heavy atom. The number of esters is 1. The molecule has 3 heterocycles. The van der Waals surface area contributed by atoms with Gasteiger partial charge in [0, 0.05) is 17.2 Å². The van der Waals surface area contributed by atoms with Crippen molar-refractivity contribution in [2.24, 2.45) is 4.99 Å². The third-order valence-electron chi connectivity index (χ3n) is 6.36. The van der Waals surface area contributed by atoms with Gasteiger partial charge in [0.25, 0.3) is 5.56 Å². The number of furan rings is 1. The number of fused-ring (bicyclic) bond motifs is 1. The number of para-hydroxylation sites is 1. The molecule has 0 amide bonds. The zero-order chi connectivity index (χ0) is 28.4. The summed E-state index contributed by atoms with van der Waals surface area (Å²) in [5.74, 6) is 0.978. The molecule has 10 heteroatoms. The number of rotatable bonds is 8. The molecular weight excluding hydrogens is 535 g/mol. The van der Waals surface area contributed by atoms with E-state index in [4.69, 9.17) is 18.6 Å². The van der Waals surface area contributed by atoms with Gasteiger partial charge >= 0.3 is 5.97 Å². The molecular formula is C30H27FN2O6S. The largest absolute Gasteiger partial charge is 0.493 e. The minimum absolute atomic E-state index is 0.165. The van der Waals surface area contributed by atoms with Gasteiger partial charge in [0.05, 0.1) is 36.1 Å². The van der Waals surface area contributed by atoms with Crippen molar-refractivity contribution in [1.29, 1.82) is 0 Å². The molecule has 0 radical (unpaired) electrons. The number of aromatic nitrogens is 1. The number of halogens is 1. The molecule has 0 aliphatic carbocycles. The Morgan fingerprint density at radius 1 is 1.12 bits per heavy atom. The van der Waals surface area contributed by atoms with Crippen LogP contribution in [0.2, 0.25) is 0 Å². The van der Waals surface area contributed by atoms with Gasteiger partial charge in [-0.25, -0.2) is 14.2 Å². The topological polar surface area (TPSA) is 92.3 Å². The Kier molecular flexibility index (Phi) is 7.70. The lowest BCUT2D eigenvalue weighted by Gasteiger charge is -2.26. The molecule has 0 unspecified atom stereocenters. The fraction of sp³-hybridized carbons (Fsp3) is 0.233. The molecule has 0 saturated carbocycles. The number of nitrogens with zero attached hydrogens (tertiary/aromatic N) is 2. The number of allylic oxidation sites excluding steroid dienone is 1. The van der Waals surface area contributed by atoms with Crippen LogP contribution < -0.4 is 24.4 Å². The summed E-state index contributed by atoms with van der Waals surface area (Å²) in [6.45, 7) is 5.80. The summed E-state index contributed by atoms with van der Waals surface area (Å²) in [5, 5.41) is 0. The van der Waals surface area contributed by atoms with Crippen LogP contribution in [-0.4, -0.2) is 30.9 Å². The maximum atomic E-state index is 13.9. The molecule has 0 bridgehead atoms. The molecule has 1 atom stereocenters. The van der Waals surface area contributed by atoms with Crippen LogP contribution in [0.1, 0.15) is 38.1 Å². The molecule has 40 heavy (non-hydrogen) atoms. The fourth-order valence-electron chi connectivity index (χ4n) is 4.62. The molecule has 1 aliphatic heterocycles. The summed E-state index contributed by atoms with van der Waals surface area (Å²) in [7, 11) is 1.53. The lowest BCUT2D eigenvalue weighted by atomic mass is 9.94. The highest BCUT2D eigenvalue weighted by Crippen LogP contribution is 2.40. The van der Waals surface area contributed by atoms with Crippen molar-refractivity contribution in [1.82, 2.24) is 4.57 Å². The molecule has 4 aromatic rings. The average Bonchev–Trinajstić information content (AvgIpc) is 3.53. The zero-order valence-corrected chi connectivity index (χ0v) is 23.2. The Morgan fingerprint density at radius 2 is 1.90 bits per heavy atom. The van der Waals surface area contributed by atoms with E-state index in [0.717, 1.165) is 0 Å². The molecule has 0 spiro atoms. The van der Waals surface area contributed by atoms with E-state index in [2.05, 4.69) is 4.99 Å². The number of carbonyl (C=O) groups excluding carboxylic acids is 1. The molecule has 0 N–H and O–H groups in total. The number of methoxy groups -OCH3 is 1. The quantitative estimate of drug-likeness (QED) is 0.292. The first kappa shape index (κ1) is 27.1. The first-order chi connectivity index (χ1) is 19.4. The molecule has 2 aromatic heterocycles. The monoisotopic (exact) mass is 562 g/mol. The van der Waals surface area contributed by atoms with Crippen LogP contribution in [0.3, 0.4) is 0 Å². The minimum atomic E-state index is -0.861. The smallest absolute Gasteiger partial charge is 0.338 e. The summed E-state index contributed by atoms with van der Waals surface area (Å²) in [6, 6.07) is 13.9. The fourth-order valence-corrected chi connectivity index (χ4v) is 5.65. The van der Waals surface area contributed by atoms with E-state index in [-0.39, 0.29) is 23.6 Å². The minimum Gasteiger partial charge on any atom is -0.493 e. The lowest BCUT2D eigenvalue weighted by molar-refractivity contribution is -0.139. The maximum Gasteiger partial charge on any atom is 0.338 e. The molecule has 1 aliphatic rings. The SMILES string of the molecule is CCOC(=O)C1=C(C)N=c2s/c(=C/c3ccc(-c4ccc(F)cc4)o3)c(=O)n2[C@@H]1c1cccc(OC)c1OCC. The Labute approximate surface area is 233 Å². The zero-order valence-electron chi connectivity index (χ0n) is 22.4. The molecule has 0 fully saturated rings. The summed E-state index contributed by atoms with van der Waals surface area (Å²) in [5.41, 5.74) is 1.61. The molecule has 2 aromatic carbocycles. The van der Waals surface area contributed by atoms with E-state index in [1.54, 1.807) is 62.4 Å². The first-order valence-electron chi connectivity index (χ1n) is 12.7. The Bertz CT molecular complexity index is 1780. The van der Waals surface area contributed by atoms with E-state index in [1.165, 1.54) is 35.1 Å². The van der Waals surface area contributed by atoms with Crippen molar-refractivity contribution < 1.29 is 27.8 Å². The predicted molar refractivity (Wildman–Crippen MR) is 149 cm³/mol. The van der Waals surface area contributed by atoms with E-state index < -0.39 is 12.0 Å². The van der Waals surface area contributed by atoms with E-state index >= 15 is 0 Å². The van der Waals surface area contributed by atoms with Gasteiger partial charge in [0.2, 0.25) is 0 Å². The highest BCUT2D eigenvalue weighted by atomic mass is 32.1. The van der Waals surface area contributed by atoms with Gasteiger partial charge in [-0.15, -0.1) is 0 Å². The van der Waals surface area contributed by atoms with Crippen LogP contribution in [0.5, 0.6) is 11.5 Å². The van der Waals surface area contributed by atoms with Crippen molar-refractivity contribution in [2.45, 2.75) is 26.8 Å². The van der Waals surface area contributed by atoms with Crippen LogP contribution in [0, 0.1) is 5.82 Å². The molecule has 0 saturated heterocycles. The van der Waals surface area contributed by atoms with Crippen LogP contribution >= 0.6 is 11.3 Å². The van der Waals surface area contributed by atoms with Crippen molar-refractivity contribution in [3.05, 3.63) is 103 Å². The standard InChI is InChI=1S/C30H27FN2O6S/c1-5-37-27-21(8-7-9-23(27)36-4)26-25(29(35)38-6-2)17(3)32-30-33(26)28(34)24(40-30)16-20-14-15-22(39-20)18-10-12-19(31)13-11-18/h7-16,26H,5-6H2,1-4H3/b24-16+/t26-/m1/s1. The summed E-state index contributed by atoms with van der Waals surface area (Å²) >= 11 is 1.18. The number of hydrogen-bond acceptors (Lipinski definition) is 8. The second kappa shape index (κ2) is 11.4. The van der Waals surface area contributed by atoms with Gasteiger partial charge < -0.3 is 18.6 Å². The molecule has 8 nitrogen and oxygen atoms in total. The van der Waals surface area contributed by atoms with Crippen molar-refractivity contribution in [3.8, 4) is 22.8 Å². The van der Waals surface area contributed by atoms with Gasteiger partial charge in [0.15, 0.2) is 16.3 Å².